The molecular formula is C19H25N5O. The van der Waals surface area contributed by atoms with Gasteiger partial charge in [-0.2, -0.15) is 5.10 Å². The van der Waals surface area contributed by atoms with E-state index < -0.39 is 0 Å². The van der Waals surface area contributed by atoms with Gasteiger partial charge in [-0.25, -0.2) is 0 Å². The molecule has 0 saturated carbocycles. The minimum Gasteiger partial charge on any atom is -0.351 e. The van der Waals surface area contributed by atoms with E-state index in [0.29, 0.717) is 19.1 Å². The van der Waals surface area contributed by atoms with Gasteiger partial charge in [-0.15, -0.1) is 5.10 Å². The maximum Gasteiger partial charge on any atom is 0.234 e. The highest BCUT2D eigenvalue weighted by atomic mass is 16.1. The predicted octanol–water partition coefficient (Wildman–Crippen LogP) is 1.66. The van der Waals surface area contributed by atoms with Crippen molar-refractivity contribution in [2.45, 2.75) is 32.4 Å². The number of nitrogens with zero attached hydrogens (tertiary/aromatic N) is 3. The molecule has 1 amide bonds. The van der Waals surface area contributed by atoms with Crippen LogP contribution in [-0.2, 0) is 11.3 Å². The third kappa shape index (κ3) is 5.00. The van der Waals surface area contributed by atoms with E-state index in [4.69, 9.17) is 0 Å². The van der Waals surface area contributed by atoms with Gasteiger partial charge in [0.1, 0.15) is 0 Å². The first-order valence-electron chi connectivity index (χ1n) is 8.79. The van der Waals surface area contributed by atoms with Gasteiger partial charge in [-0.05, 0) is 37.5 Å². The highest BCUT2D eigenvalue weighted by Crippen LogP contribution is 2.22. The number of aromatic nitrogens is 2. The monoisotopic (exact) mass is 339 g/mol. The largest absolute Gasteiger partial charge is 0.351 e. The fourth-order valence-corrected chi connectivity index (χ4v) is 3.12. The van der Waals surface area contributed by atoms with Crippen molar-refractivity contribution in [1.82, 2.24) is 20.8 Å². The summed E-state index contributed by atoms with van der Waals surface area (Å²) in [5.41, 5.74) is 2.34. The van der Waals surface area contributed by atoms with Gasteiger partial charge in [-0.3, -0.25) is 4.79 Å². The van der Waals surface area contributed by atoms with Crippen LogP contribution in [0.4, 0.5) is 5.82 Å². The number of carbonyl (C=O) groups is 1. The van der Waals surface area contributed by atoms with Crippen LogP contribution in [0.15, 0.2) is 42.6 Å². The van der Waals surface area contributed by atoms with Crippen LogP contribution >= 0.6 is 0 Å². The Morgan fingerprint density at radius 2 is 2.12 bits per heavy atom. The van der Waals surface area contributed by atoms with E-state index in [2.05, 4.69) is 44.8 Å². The Hall–Kier alpha value is -2.47. The quantitative estimate of drug-likeness (QED) is 0.803. The van der Waals surface area contributed by atoms with E-state index in [1.807, 2.05) is 24.3 Å². The molecule has 25 heavy (non-hydrogen) atoms. The number of carbonyl (C=O) groups excluding carboxylic acids is 1. The minimum absolute atomic E-state index is 0.0182. The van der Waals surface area contributed by atoms with Crippen molar-refractivity contribution < 1.29 is 4.79 Å². The molecule has 0 bridgehead atoms. The number of anilines is 1. The zero-order valence-corrected chi connectivity index (χ0v) is 14.6. The molecule has 6 heteroatoms. The van der Waals surface area contributed by atoms with Crippen LogP contribution in [0, 0.1) is 6.92 Å². The molecule has 0 radical (unpaired) electrons. The summed E-state index contributed by atoms with van der Waals surface area (Å²) in [5, 5.41) is 14.4. The van der Waals surface area contributed by atoms with E-state index in [1.54, 1.807) is 6.20 Å². The van der Waals surface area contributed by atoms with Crippen LogP contribution < -0.4 is 15.5 Å². The molecule has 1 aromatic carbocycles. The van der Waals surface area contributed by atoms with Gasteiger partial charge in [0.05, 0.1) is 6.54 Å². The molecule has 1 aromatic heterocycles. The van der Waals surface area contributed by atoms with Crippen molar-refractivity contribution in [3.63, 3.8) is 0 Å². The number of hydrogen-bond donors (Lipinski definition) is 2. The van der Waals surface area contributed by atoms with E-state index in [9.17, 15) is 4.79 Å². The molecule has 3 rings (SSSR count). The number of benzene rings is 1. The van der Waals surface area contributed by atoms with Gasteiger partial charge in [0.15, 0.2) is 5.82 Å². The minimum atomic E-state index is 0.0182. The number of nitrogens with one attached hydrogen (secondary N) is 2. The second kappa shape index (κ2) is 8.58. The summed E-state index contributed by atoms with van der Waals surface area (Å²) in [6.45, 7) is 4.71. The van der Waals surface area contributed by atoms with E-state index in [1.165, 1.54) is 5.56 Å². The van der Waals surface area contributed by atoms with Crippen molar-refractivity contribution in [2.24, 2.45) is 0 Å². The summed E-state index contributed by atoms with van der Waals surface area (Å²) in [6, 6.07) is 12.5. The molecule has 1 aliphatic rings. The van der Waals surface area contributed by atoms with Crippen LogP contribution in [0.5, 0.6) is 0 Å². The molecule has 2 heterocycles. The predicted molar refractivity (Wildman–Crippen MR) is 98.3 cm³/mol. The first-order chi connectivity index (χ1) is 12.2. The Labute approximate surface area is 148 Å². The fraction of sp³-hybridized carbons (Fsp3) is 0.421. The molecule has 132 valence electrons. The van der Waals surface area contributed by atoms with E-state index in [-0.39, 0.29) is 5.91 Å². The zero-order chi connectivity index (χ0) is 17.5. The van der Waals surface area contributed by atoms with Gasteiger partial charge in [0.2, 0.25) is 5.91 Å². The number of hydrogen-bond acceptors (Lipinski definition) is 5. The van der Waals surface area contributed by atoms with Crippen molar-refractivity contribution in [2.75, 3.05) is 24.5 Å². The maximum atomic E-state index is 12.0. The smallest absolute Gasteiger partial charge is 0.234 e. The van der Waals surface area contributed by atoms with Crippen LogP contribution in [0.1, 0.15) is 24.0 Å². The first-order valence-corrected chi connectivity index (χ1v) is 8.79. The molecule has 0 unspecified atom stereocenters. The van der Waals surface area contributed by atoms with Crippen LogP contribution in [0.2, 0.25) is 0 Å². The third-order valence-electron chi connectivity index (χ3n) is 4.51. The highest BCUT2D eigenvalue weighted by molar-refractivity contribution is 5.77. The molecular weight excluding hydrogens is 314 g/mol. The lowest BCUT2D eigenvalue weighted by Gasteiger charge is -2.25. The highest BCUT2D eigenvalue weighted by Gasteiger charge is 2.25. The Balaban J connectivity index is 1.40. The maximum absolute atomic E-state index is 12.0. The summed E-state index contributed by atoms with van der Waals surface area (Å²) in [6.07, 6.45) is 3.93. The average Bonchev–Trinajstić information content (AvgIpc) is 3.10. The molecule has 0 aliphatic carbocycles. The lowest BCUT2D eigenvalue weighted by molar-refractivity contribution is -0.120. The molecule has 1 aliphatic heterocycles. The zero-order valence-electron chi connectivity index (χ0n) is 14.6. The van der Waals surface area contributed by atoms with Crippen molar-refractivity contribution >= 4 is 11.7 Å². The van der Waals surface area contributed by atoms with Gasteiger partial charge in [0, 0.05) is 31.9 Å². The van der Waals surface area contributed by atoms with Crippen LogP contribution in [-0.4, -0.2) is 41.8 Å². The molecule has 2 aromatic rings. The standard InChI is InChI=1S/C19H25N5O/c1-15-6-8-16(9-7-15)12-21-19(25)14-20-13-17-4-3-11-24(17)18-5-2-10-22-23-18/h2,5-10,17,20H,3-4,11-14H2,1H3,(H,21,25)/t17-/m1/s1. The van der Waals surface area contributed by atoms with Crippen molar-refractivity contribution in [1.29, 1.82) is 0 Å². The first kappa shape index (κ1) is 17.4. The number of aryl methyl sites for hydroxylation is 1. The van der Waals surface area contributed by atoms with Gasteiger partial charge >= 0.3 is 0 Å². The Morgan fingerprint density at radius 3 is 2.88 bits per heavy atom. The number of amides is 1. The summed E-state index contributed by atoms with van der Waals surface area (Å²) in [7, 11) is 0. The Bertz CT molecular complexity index is 674. The molecule has 1 saturated heterocycles. The van der Waals surface area contributed by atoms with Crippen molar-refractivity contribution in [3.05, 3.63) is 53.7 Å². The molecule has 2 N–H and O–H groups in total. The van der Waals surface area contributed by atoms with Gasteiger partial charge < -0.3 is 15.5 Å². The second-order valence-corrected chi connectivity index (χ2v) is 6.46. The van der Waals surface area contributed by atoms with E-state index in [0.717, 1.165) is 37.3 Å². The van der Waals surface area contributed by atoms with Gasteiger partial charge in [-0.1, -0.05) is 29.8 Å². The summed E-state index contributed by atoms with van der Waals surface area (Å²) in [5.74, 6) is 0.931. The van der Waals surface area contributed by atoms with E-state index >= 15 is 0 Å². The van der Waals surface area contributed by atoms with Crippen molar-refractivity contribution in [3.8, 4) is 0 Å². The normalized spacial score (nSPS) is 16.8. The van der Waals surface area contributed by atoms with Gasteiger partial charge in [0.25, 0.3) is 0 Å². The lowest BCUT2D eigenvalue weighted by Crippen LogP contribution is -2.42. The Kier molecular flexibility index (Phi) is 5.95. The topological polar surface area (TPSA) is 70.2 Å². The van der Waals surface area contributed by atoms with Crippen LogP contribution in [0.3, 0.4) is 0 Å². The molecule has 0 spiro atoms. The molecule has 1 atom stereocenters. The van der Waals surface area contributed by atoms with Crippen LogP contribution in [0.25, 0.3) is 0 Å². The average molecular weight is 339 g/mol. The number of rotatable bonds is 7. The molecule has 6 nitrogen and oxygen atoms in total. The second-order valence-electron chi connectivity index (χ2n) is 6.46. The summed E-state index contributed by atoms with van der Waals surface area (Å²) in [4.78, 5) is 14.3. The Morgan fingerprint density at radius 1 is 1.28 bits per heavy atom. The fourth-order valence-electron chi connectivity index (χ4n) is 3.12. The molecule has 1 fully saturated rings. The summed E-state index contributed by atoms with van der Waals surface area (Å²) < 4.78 is 0. The summed E-state index contributed by atoms with van der Waals surface area (Å²) >= 11 is 0. The SMILES string of the molecule is Cc1ccc(CNC(=O)CNC[C@H]2CCCN2c2cccnn2)cc1. The third-order valence-corrected chi connectivity index (χ3v) is 4.51. The lowest BCUT2D eigenvalue weighted by atomic mass is 10.1.